The van der Waals surface area contributed by atoms with Crippen molar-refractivity contribution in [3.63, 3.8) is 0 Å². The second-order valence-electron chi connectivity index (χ2n) is 8.58. The maximum Gasteiger partial charge on any atom is 0.244 e. The highest BCUT2D eigenvalue weighted by atomic mass is 16.7. The molecule has 4 rings (SSSR count). The third kappa shape index (κ3) is 3.03. The van der Waals surface area contributed by atoms with Crippen molar-refractivity contribution >= 4 is 5.91 Å². The number of fused-ring (bicyclic) bond motifs is 1. The molecule has 2 saturated carbocycles. The van der Waals surface area contributed by atoms with Crippen LogP contribution in [-0.2, 0) is 9.63 Å². The highest BCUT2D eigenvalue weighted by Gasteiger charge is 2.45. The molecule has 0 radical (unpaired) electrons. The zero-order valence-corrected chi connectivity index (χ0v) is 15.1. The van der Waals surface area contributed by atoms with E-state index < -0.39 is 0 Å². The number of rotatable bonds is 2. The van der Waals surface area contributed by atoms with Crippen molar-refractivity contribution in [1.29, 1.82) is 0 Å². The van der Waals surface area contributed by atoms with Gasteiger partial charge in [0, 0.05) is 30.0 Å². The van der Waals surface area contributed by atoms with Gasteiger partial charge in [-0.15, -0.1) is 0 Å². The topological polar surface area (TPSA) is 50.4 Å². The van der Waals surface area contributed by atoms with E-state index >= 15 is 0 Å². The Labute approximate surface area is 145 Å². The predicted molar refractivity (Wildman–Crippen MR) is 94.1 cm³/mol. The molecule has 2 aliphatic carbocycles. The summed E-state index contributed by atoms with van der Waals surface area (Å²) in [6.07, 6.45) is 12.4. The number of hydrogen-bond acceptors (Lipinski definition) is 3. The minimum atomic E-state index is 0.155. The second-order valence-corrected chi connectivity index (χ2v) is 8.58. The van der Waals surface area contributed by atoms with Crippen LogP contribution in [0.2, 0.25) is 0 Å². The van der Waals surface area contributed by atoms with Gasteiger partial charge in [-0.25, -0.2) is 0 Å². The third-order valence-electron chi connectivity index (χ3n) is 7.12. The Kier molecular flexibility index (Phi) is 4.70. The first-order valence-electron chi connectivity index (χ1n) is 10.1. The molecular weight excluding hydrogens is 300 g/mol. The molecule has 3 fully saturated rings. The molecule has 2 N–H and O–H groups in total. The Bertz CT molecular complexity index is 502. The van der Waals surface area contributed by atoms with E-state index in [1.165, 1.54) is 50.5 Å². The van der Waals surface area contributed by atoms with E-state index in [0.717, 1.165) is 6.42 Å². The van der Waals surface area contributed by atoms with Gasteiger partial charge in [0.15, 0.2) is 0 Å². The summed E-state index contributed by atoms with van der Waals surface area (Å²) in [5.74, 6) is 2.67. The largest absolute Gasteiger partial charge is 0.349 e. The molecule has 24 heavy (non-hydrogen) atoms. The molecule has 6 unspecified atom stereocenters. The van der Waals surface area contributed by atoms with Crippen LogP contribution in [-0.4, -0.2) is 24.1 Å². The summed E-state index contributed by atoms with van der Waals surface area (Å²) >= 11 is 0. The summed E-state index contributed by atoms with van der Waals surface area (Å²) in [4.78, 5) is 17.9. The summed E-state index contributed by atoms with van der Waals surface area (Å²) in [7, 11) is 0. The van der Waals surface area contributed by atoms with Crippen LogP contribution >= 0.6 is 0 Å². The normalized spacial score (nSPS) is 43.9. The van der Waals surface area contributed by atoms with E-state index in [1.54, 1.807) is 0 Å². The van der Waals surface area contributed by atoms with E-state index in [4.69, 9.17) is 4.84 Å². The first kappa shape index (κ1) is 16.6. The number of hydrogen-bond donors (Lipinski definition) is 2. The Morgan fingerprint density at radius 2 is 1.88 bits per heavy atom. The van der Waals surface area contributed by atoms with Crippen molar-refractivity contribution in [3.05, 3.63) is 11.6 Å². The zero-order chi connectivity index (χ0) is 16.7. The zero-order valence-electron chi connectivity index (χ0n) is 15.1. The van der Waals surface area contributed by atoms with Crippen molar-refractivity contribution in [3.8, 4) is 0 Å². The van der Waals surface area contributed by atoms with Crippen molar-refractivity contribution in [2.45, 2.75) is 83.4 Å². The van der Waals surface area contributed by atoms with E-state index in [1.807, 2.05) is 6.08 Å². The number of carbonyl (C=O) groups is 1. The van der Waals surface area contributed by atoms with Crippen molar-refractivity contribution in [2.75, 3.05) is 0 Å². The SMILES string of the molecule is CC1NOC(C)C1C1CCC2NC(=O)C=C(C3CCCCC3)C2C1. The van der Waals surface area contributed by atoms with Crippen LogP contribution in [0, 0.1) is 23.7 Å². The number of amides is 1. The Morgan fingerprint density at radius 1 is 1.08 bits per heavy atom. The minimum Gasteiger partial charge on any atom is -0.349 e. The molecule has 4 aliphatic rings. The van der Waals surface area contributed by atoms with Gasteiger partial charge in [-0.05, 0) is 57.8 Å². The van der Waals surface area contributed by atoms with E-state index in [9.17, 15) is 4.79 Å². The lowest BCUT2D eigenvalue weighted by molar-refractivity contribution is -0.118. The van der Waals surface area contributed by atoms with Gasteiger partial charge in [-0.3, -0.25) is 9.63 Å². The Morgan fingerprint density at radius 3 is 2.58 bits per heavy atom. The van der Waals surface area contributed by atoms with Gasteiger partial charge < -0.3 is 5.32 Å². The fraction of sp³-hybridized carbons (Fsp3) is 0.850. The molecule has 4 nitrogen and oxygen atoms in total. The number of carbonyl (C=O) groups excluding carboxylic acids is 1. The van der Waals surface area contributed by atoms with E-state index in [0.29, 0.717) is 41.9 Å². The van der Waals surface area contributed by atoms with Crippen LogP contribution in [0.3, 0.4) is 0 Å². The van der Waals surface area contributed by atoms with Gasteiger partial charge in [0.25, 0.3) is 0 Å². The van der Waals surface area contributed by atoms with Gasteiger partial charge >= 0.3 is 0 Å². The molecule has 1 saturated heterocycles. The maximum atomic E-state index is 12.2. The standard InChI is InChI=1S/C20H32N2O2/c1-12-20(13(2)24-22-12)15-8-9-18-17(10-15)16(11-19(23)21-18)14-6-4-3-5-7-14/h11-15,17-18,20,22H,3-10H2,1-2H3,(H,21,23). The summed E-state index contributed by atoms with van der Waals surface area (Å²) < 4.78 is 0. The molecule has 1 amide bonds. The Balaban J connectivity index is 1.54. The molecule has 0 aromatic carbocycles. The van der Waals surface area contributed by atoms with Crippen LogP contribution < -0.4 is 10.8 Å². The van der Waals surface area contributed by atoms with Crippen LogP contribution in [0.1, 0.15) is 65.2 Å². The van der Waals surface area contributed by atoms with Crippen molar-refractivity contribution < 1.29 is 9.63 Å². The van der Waals surface area contributed by atoms with E-state index in [-0.39, 0.29) is 5.91 Å². The average molecular weight is 332 g/mol. The van der Waals surface area contributed by atoms with Crippen LogP contribution in [0.25, 0.3) is 0 Å². The average Bonchev–Trinajstić information content (AvgIpc) is 2.93. The quantitative estimate of drug-likeness (QED) is 0.815. The minimum absolute atomic E-state index is 0.155. The van der Waals surface area contributed by atoms with E-state index in [2.05, 4.69) is 24.6 Å². The highest BCUT2D eigenvalue weighted by molar-refractivity contribution is 5.89. The lowest BCUT2D eigenvalue weighted by atomic mass is 9.64. The molecule has 2 aliphatic heterocycles. The second kappa shape index (κ2) is 6.80. The molecule has 0 spiro atoms. The van der Waals surface area contributed by atoms with Gasteiger partial charge in [0.1, 0.15) is 0 Å². The molecular formula is C20H32N2O2. The lowest BCUT2D eigenvalue weighted by Gasteiger charge is -2.45. The molecule has 2 heterocycles. The summed E-state index contributed by atoms with van der Waals surface area (Å²) in [5, 5.41) is 3.26. The van der Waals surface area contributed by atoms with Crippen molar-refractivity contribution in [2.24, 2.45) is 23.7 Å². The van der Waals surface area contributed by atoms with Crippen LogP contribution in [0.5, 0.6) is 0 Å². The third-order valence-corrected chi connectivity index (χ3v) is 7.12. The van der Waals surface area contributed by atoms with Gasteiger partial charge in [0.05, 0.1) is 6.10 Å². The van der Waals surface area contributed by atoms with Gasteiger partial charge in [-0.2, -0.15) is 5.48 Å². The fourth-order valence-electron chi connectivity index (χ4n) is 6.00. The Hall–Kier alpha value is -0.870. The van der Waals surface area contributed by atoms with Crippen LogP contribution in [0.4, 0.5) is 0 Å². The molecule has 134 valence electrons. The van der Waals surface area contributed by atoms with Gasteiger partial charge in [0.2, 0.25) is 5.91 Å². The molecule has 0 aromatic rings. The number of nitrogens with one attached hydrogen (secondary N) is 2. The monoisotopic (exact) mass is 332 g/mol. The highest BCUT2D eigenvalue weighted by Crippen LogP contribution is 2.46. The predicted octanol–water partition coefficient (Wildman–Crippen LogP) is 3.34. The molecule has 0 aromatic heterocycles. The van der Waals surface area contributed by atoms with Gasteiger partial charge in [-0.1, -0.05) is 24.8 Å². The molecule has 0 bridgehead atoms. The van der Waals surface area contributed by atoms with Crippen LogP contribution in [0.15, 0.2) is 11.6 Å². The maximum absolute atomic E-state index is 12.2. The number of hydroxylamine groups is 1. The smallest absolute Gasteiger partial charge is 0.244 e. The fourth-order valence-corrected chi connectivity index (χ4v) is 6.00. The first-order valence-corrected chi connectivity index (χ1v) is 10.1. The van der Waals surface area contributed by atoms with Crippen molar-refractivity contribution in [1.82, 2.24) is 10.8 Å². The first-order chi connectivity index (χ1) is 11.6. The summed E-state index contributed by atoms with van der Waals surface area (Å²) in [6.45, 7) is 4.45. The summed E-state index contributed by atoms with van der Waals surface area (Å²) in [5.41, 5.74) is 4.67. The summed E-state index contributed by atoms with van der Waals surface area (Å²) in [6, 6.07) is 0.804. The molecule has 4 heteroatoms. The molecule has 6 atom stereocenters. The lowest BCUT2D eigenvalue weighted by Crippen LogP contribution is -2.50.